The van der Waals surface area contributed by atoms with Crippen LogP contribution in [0.2, 0.25) is 0 Å². The lowest BCUT2D eigenvalue weighted by molar-refractivity contribution is -0.156. The standard InChI is InChI=1S/C9H14N2O4/c1-5-6(4-11(2)10-5)7(12)8(13)9(14)15-3/h4,7-8,12-13H,1-3H3. The summed E-state index contributed by atoms with van der Waals surface area (Å²) in [4.78, 5) is 11.0. The molecule has 84 valence electrons. The molecule has 0 saturated heterocycles. The monoisotopic (exact) mass is 214 g/mol. The van der Waals surface area contributed by atoms with Crippen molar-refractivity contribution in [3.05, 3.63) is 17.5 Å². The summed E-state index contributed by atoms with van der Waals surface area (Å²) in [6.07, 6.45) is -1.35. The number of esters is 1. The summed E-state index contributed by atoms with van der Waals surface area (Å²) in [5.41, 5.74) is 0.975. The van der Waals surface area contributed by atoms with E-state index >= 15 is 0 Å². The van der Waals surface area contributed by atoms with Crippen molar-refractivity contribution < 1.29 is 19.7 Å². The third-order valence-electron chi connectivity index (χ3n) is 2.11. The smallest absolute Gasteiger partial charge is 0.337 e. The van der Waals surface area contributed by atoms with Crippen molar-refractivity contribution in [3.63, 3.8) is 0 Å². The second-order valence-corrected chi connectivity index (χ2v) is 3.26. The normalized spacial score (nSPS) is 14.7. The average molecular weight is 214 g/mol. The van der Waals surface area contributed by atoms with E-state index in [2.05, 4.69) is 9.84 Å². The quantitative estimate of drug-likeness (QED) is 0.650. The third-order valence-corrected chi connectivity index (χ3v) is 2.11. The minimum absolute atomic E-state index is 0.412. The van der Waals surface area contributed by atoms with Crippen molar-refractivity contribution in [2.24, 2.45) is 7.05 Å². The average Bonchev–Trinajstić information content (AvgIpc) is 2.54. The Kier molecular flexibility index (Phi) is 3.43. The van der Waals surface area contributed by atoms with Crippen LogP contribution in [0.5, 0.6) is 0 Å². The second kappa shape index (κ2) is 4.41. The predicted octanol–water partition coefficient (Wildman–Crippen LogP) is -0.704. The Labute approximate surface area is 87.1 Å². The van der Waals surface area contributed by atoms with E-state index in [0.29, 0.717) is 11.3 Å². The lowest BCUT2D eigenvalue weighted by atomic mass is 10.1. The molecule has 0 radical (unpaired) electrons. The predicted molar refractivity (Wildman–Crippen MR) is 50.9 cm³/mol. The van der Waals surface area contributed by atoms with Crippen LogP contribution >= 0.6 is 0 Å². The number of aryl methyl sites for hydroxylation is 2. The first-order chi connectivity index (χ1) is 6.97. The van der Waals surface area contributed by atoms with Crippen LogP contribution in [0, 0.1) is 6.92 Å². The maximum absolute atomic E-state index is 11.0. The summed E-state index contributed by atoms with van der Waals surface area (Å²) < 4.78 is 5.82. The molecule has 2 N–H and O–H groups in total. The largest absolute Gasteiger partial charge is 0.467 e. The minimum atomic E-state index is -1.59. The number of carbonyl (C=O) groups is 1. The molecule has 1 heterocycles. The molecule has 0 aliphatic rings. The van der Waals surface area contributed by atoms with Crippen LogP contribution in [0.25, 0.3) is 0 Å². The molecule has 0 aliphatic heterocycles. The highest BCUT2D eigenvalue weighted by Gasteiger charge is 2.28. The lowest BCUT2D eigenvalue weighted by Gasteiger charge is -2.14. The molecule has 6 heteroatoms. The van der Waals surface area contributed by atoms with E-state index in [0.717, 1.165) is 7.11 Å². The zero-order valence-electron chi connectivity index (χ0n) is 8.84. The summed E-state index contributed by atoms with van der Waals surface area (Å²) >= 11 is 0. The molecule has 1 rings (SSSR count). The van der Waals surface area contributed by atoms with Gasteiger partial charge in [0.25, 0.3) is 0 Å². The van der Waals surface area contributed by atoms with Crippen LogP contribution in [0.3, 0.4) is 0 Å². The molecule has 0 saturated carbocycles. The van der Waals surface area contributed by atoms with Crippen LogP contribution in [0.15, 0.2) is 6.20 Å². The van der Waals surface area contributed by atoms with Gasteiger partial charge in [0.15, 0.2) is 6.10 Å². The molecule has 1 aromatic heterocycles. The molecule has 0 bridgehead atoms. The van der Waals surface area contributed by atoms with Crippen molar-refractivity contribution in [1.82, 2.24) is 9.78 Å². The Hall–Kier alpha value is -1.40. The van der Waals surface area contributed by atoms with Gasteiger partial charge in [-0.2, -0.15) is 5.10 Å². The highest BCUT2D eigenvalue weighted by atomic mass is 16.5. The van der Waals surface area contributed by atoms with E-state index in [-0.39, 0.29) is 0 Å². The molecule has 15 heavy (non-hydrogen) atoms. The molecule has 2 atom stereocenters. The van der Waals surface area contributed by atoms with Gasteiger partial charge in [0, 0.05) is 18.8 Å². The molecule has 6 nitrogen and oxygen atoms in total. The van der Waals surface area contributed by atoms with Gasteiger partial charge in [-0.05, 0) is 6.92 Å². The van der Waals surface area contributed by atoms with Gasteiger partial charge in [-0.3, -0.25) is 4.68 Å². The first-order valence-electron chi connectivity index (χ1n) is 4.41. The molecule has 0 spiro atoms. The summed E-state index contributed by atoms with van der Waals surface area (Å²) in [5.74, 6) is -0.870. The van der Waals surface area contributed by atoms with Crippen LogP contribution < -0.4 is 0 Å². The molecule has 0 aliphatic carbocycles. The van der Waals surface area contributed by atoms with E-state index in [1.54, 1.807) is 20.2 Å². The molecule has 0 amide bonds. The van der Waals surface area contributed by atoms with Crippen molar-refractivity contribution in [3.8, 4) is 0 Å². The van der Waals surface area contributed by atoms with E-state index in [1.165, 1.54) is 4.68 Å². The Morgan fingerprint density at radius 1 is 1.60 bits per heavy atom. The Balaban J connectivity index is 2.89. The van der Waals surface area contributed by atoms with Crippen LogP contribution in [0.4, 0.5) is 0 Å². The lowest BCUT2D eigenvalue weighted by Crippen LogP contribution is -2.29. The van der Waals surface area contributed by atoms with Gasteiger partial charge in [-0.1, -0.05) is 0 Å². The molecule has 0 aromatic carbocycles. The number of ether oxygens (including phenoxy) is 1. The topological polar surface area (TPSA) is 84.6 Å². The van der Waals surface area contributed by atoms with Crippen LogP contribution in [0.1, 0.15) is 17.4 Å². The van der Waals surface area contributed by atoms with Crippen LogP contribution in [-0.2, 0) is 16.6 Å². The number of aliphatic hydroxyl groups excluding tert-OH is 2. The molecular weight excluding hydrogens is 200 g/mol. The van der Waals surface area contributed by atoms with Crippen molar-refractivity contribution in [1.29, 1.82) is 0 Å². The second-order valence-electron chi connectivity index (χ2n) is 3.26. The molecular formula is C9H14N2O4. The minimum Gasteiger partial charge on any atom is -0.467 e. The van der Waals surface area contributed by atoms with Crippen molar-refractivity contribution in [2.45, 2.75) is 19.1 Å². The Morgan fingerprint density at radius 3 is 2.60 bits per heavy atom. The van der Waals surface area contributed by atoms with Gasteiger partial charge < -0.3 is 14.9 Å². The number of aliphatic hydroxyl groups is 2. The van der Waals surface area contributed by atoms with Gasteiger partial charge >= 0.3 is 5.97 Å². The summed E-state index contributed by atoms with van der Waals surface area (Å²) in [6.45, 7) is 1.68. The van der Waals surface area contributed by atoms with E-state index in [1.807, 2.05) is 0 Å². The molecule has 0 fully saturated rings. The number of hydrogen-bond acceptors (Lipinski definition) is 5. The highest BCUT2D eigenvalue weighted by molar-refractivity contribution is 5.75. The maximum atomic E-state index is 11.0. The van der Waals surface area contributed by atoms with Gasteiger partial charge in [0.05, 0.1) is 12.8 Å². The number of methoxy groups -OCH3 is 1. The van der Waals surface area contributed by atoms with Crippen LogP contribution in [-0.4, -0.2) is 39.2 Å². The van der Waals surface area contributed by atoms with Crippen molar-refractivity contribution >= 4 is 5.97 Å². The fourth-order valence-corrected chi connectivity index (χ4v) is 1.33. The first-order valence-corrected chi connectivity index (χ1v) is 4.41. The molecule has 2 unspecified atom stereocenters. The van der Waals surface area contributed by atoms with Gasteiger partial charge in [0.1, 0.15) is 6.10 Å². The van der Waals surface area contributed by atoms with Gasteiger partial charge in [-0.15, -0.1) is 0 Å². The summed E-state index contributed by atoms with van der Waals surface area (Å²) in [6, 6.07) is 0. The summed E-state index contributed by atoms with van der Waals surface area (Å²) in [5, 5.41) is 23.1. The van der Waals surface area contributed by atoms with Gasteiger partial charge in [0.2, 0.25) is 0 Å². The Morgan fingerprint density at radius 2 is 2.20 bits per heavy atom. The number of hydrogen-bond donors (Lipinski definition) is 2. The van der Waals surface area contributed by atoms with Gasteiger partial charge in [-0.25, -0.2) is 4.79 Å². The zero-order valence-corrected chi connectivity index (χ0v) is 8.84. The number of aromatic nitrogens is 2. The van der Waals surface area contributed by atoms with E-state index in [4.69, 9.17) is 0 Å². The fourth-order valence-electron chi connectivity index (χ4n) is 1.33. The van der Waals surface area contributed by atoms with E-state index < -0.39 is 18.2 Å². The molecule has 1 aromatic rings. The number of nitrogens with zero attached hydrogens (tertiary/aromatic N) is 2. The highest BCUT2D eigenvalue weighted by Crippen LogP contribution is 2.20. The number of carbonyl (C=O) groups excluding carboxylic acids is 1. The van der Waals surface area contributed by atoms with E-state index in [9.17, 15) is 15.0 Å². The summed E-state index contributed by atoms with van der Waals surface area (Å²) in [7, 11) is 2.84. The zero-order chi connectivity index (χ0) is 11.6. The SMILES string of the molecule is COC(=O)C(O)C(O)c1cn(C)nc1C. The fraction of sp³-hybridized carbons (Fsp3) is 0.556. The van der Waals surface area contributed by atoms with Crippen molar-refractivity contribution in [2.75, 3.05) is 7.11 Å². The maximum Gasteiger partial charge on any atom is 0.337 e. The first kappa shape index (κ1) is 11.7. The Bertz CT molecular complexity index is 361. The number of rotatable bonds is 3. The third kappa shape index (κ3) is 2.34.